The Morgan fingerprint density at radius 2 is 2.25 bits per heavy atom. The van der Waals surface area contributed by atoms with Gasteiger partial charge < -0.3 is 10.3 Å². The number of aromatic amines is 1. The first-order chi connectivity index (χ1) is 7.66. The highest BCUT2D eigenvalue weighted by Gasteiger charge is 2.10. The number of anilines is 1. The van der Waals surface area contributed by atoms with Crippen LogP contribution in [0.5, 0.6) is 0 Å². The molecule has 6 heteroatoms. The molecule has 0 spiro atoms. The van der Waals surface area contributed by atoms with Gasteiger partial charge in [0, 0.05) is 16.9 Å². The van der Waals surface area contributed by atoms with E-state index in [1.54, 1.807) is 24.5 Å². The van der Waals surface area contributed by atoms with E-state index in [1.807, 2.05) is 6.07 Å². The van der Waals surface area contributed by atoms with E-state index in [2.05, 4.69) is 47.1 Å². The van der Waals surface area contributed by atoms with Crippen LogP contribution in [0, 0.1) is 0 Å². The maximum atomic E-state index is 11.8. The first kappa shape index (κ1) is 11.3. The highest BCUT2D eigenvalue weighted by molar-refractivity contribution is 9.10. The Balaban J connectivity index is 2.17. The van der Waals surface area contributed by atoms with Crippen LogP contribution in [-0.4, -0.2) is 15.9 Å². The van der Waals surface area contributed by atoms with Gasteiger partial charge in [-0.25, -0.2) is 4.98 Å². The van der Waals surface area contributed by atoms with Crippen molar-refractivity contribution in [3.05, 3.63) is 45.2 Å². The summed E-state index contributed by atoms with van der Waals surface area (Å²) in [6.07, 6.45) is 3.31. The number of carbonyl (C=O) groups is 1. The minimum absolute atomic E-state index is 0.231. The van der Waals surface area contributed by atoms with Crippen LogP contribution in [-0.2, 0) is 0 Å². The molecule has 0 radical (unpaired) electrons. The first-order valence-corrected chi connectivity index (χ1v) is 6.01. The summed E-state index contributed by atoms with van der Waals surface area (Å²) in [6, 6.07) is 5.30. The maximum absolute atomic E-state index is 11.8. The topological polar surface area (TPSA) is 57.8 Å². The number of aromatic nitrogens is 2. The molecule has 0 bridgehead atoms. The van der Waals surface area contributed by atoms with E-state index < -0.39 is 0 Å². The van der Waals surface area contributed by atoms with E-state index >= 15 is 0 Å². The highest BCUT2D eigenvalue weighted by Crippen LogP contribution is 2.19. The zero-order chi connectivity index (χ0) is 11.5. The zero-order valence-electron chi connectivity index (χ0n) is 8.00. The van der Waals surface area contributed by atoms with Gasteiger partial charge in [0.1, 0.15) is 11.5 Å². The minimum Gasteiger partial charge on any atom is -0.356 e. The van der Waals surface area contributed by atoms with Gasteiger partial charge in [0.25, 0.3) is 5.91 Å². The molecule has 1 amide bonds. The number of nitrogens with one attached hydrogen (secondary N) is 2. The van der Waals surface area contributed by atoms with Crippen LogP contribution >= 0.6 is 31.9 Å². The second-order valence-electron chi connectivity index (χ2n) is 3.02. The van der Waals surface area contributed by atoms with Crippen LogP contribution in [0.15, 0.2) is 39.5 Å². The van der Waals surface area contributed by atoms with Crippen molar-refractivity contribution in [2.24, 2.45) is 0 Å². The third kappa shape index (κ3) is 2.51. The molecule has 2 heterocycles. The van der Waals surface area contributed by atoms with Crippen LogP contribution in [0.4, 0.5) is 5.82 Å². The largest absolute Gasteiger partial charge is 0.356 e. The summed E-state index contributed by atoms with van der Waals surface area (Å²) in [5, 5.41) is 2.69. The van der Waals surface area contributed by atoms with Crippen LogP contribution < -0.4 is 5.32 Å². The second kappa shape index (κ2) is 4.80. The first-order valence-electron chi connectivity index (χ1n) is 4.42. The predicted molar refractivity (Wildman–Crippen MR) is 68.4 cm³/mol. The third-order valence-corrected chi connectivity index (χ3v) is 2.98. The lowest BCUT2D eigenvalue weighted by molar-refractivity contribution is 0.102. The highest BCUT2D eigenvalue weighted by atomic mass is 79.9. The van der Waals surface area contributed by atoms with Gasteiger partial charge in [0.2, 0.25) is 0 Å². The summed E-state index contributed by atoms with van der Waals surface area (Å²) in [7, 11) is 0. The molecule has 0 aliphatic rings. The molecule has 0 aliphatic carbocycles. The monoisotopic (exact) mass is 343 g/mol. The van der Waals surface area contributed by atoms with Crippen molar-refractivity contribution in [1.82, 2.24) is 9.97 Å². The zero-order valence-corrected chi connectivity index (χ0v) is 11.2. The van der Waals surface area contributed by atoms with E-state index in [0.717, 1.165) is 8.95 Å². The fourth-order valence-corrected chi connectivity index (χ4v) is 1.85. The summed E-state index contributed by atoms with van der Waals surface area (Å²) in [4.78, 5) is 18.6. The minimum atomic E-state index is -0.231. The van der Waals surface area contributed by atoms with E-state index in [9.17, 15) is 4.79 Å². The molecule has 2 aromatic rings. The SMILES string of the molecule is O=C(Nc1ncccc1Br)c1cc(Br)c[nH]1. The van der Waals surface area contributed by atoms with Crippen molar-refractivity contribution in [2.45, 2.75) is 0 Å². The van der Waals surface area contributed by atoms with Gasteiger partial charge in [-0.2, -0.15) is 0 Å². The number of H-pyrrole nitrogens is 1. The van der Waals surface area contributed by atoms with Crippen molar-refractivity contribution in [2.75, 3.05) is 5.32 Å². The molecule has 0 aromatic carbocycles. The molecule has 4 nitrogen and oxygen atoms in total. The van der Waals surface area contributed by atoms with E-state index in [-0.39, 0.29) is 5.91 Å². The Hall–Kier alpha value is -1.14. The molecule has 2 aromatic heterocycles. The Morgan fingerprint density at radius 1 is 1.44 bits per heavy atom. The van der Waals surface area contributed by atoms with E-state index in [4.69, 9.17) is 0 Å². The number of hydrogen-bond donors (Lipinski definition) is 2. The Kier molecular flexibility index (Phi) is 3.40. The number of pyridine rings is 1. The van der Waals surface area contributed by atoms with Gasteiger partial charge in [-0.15, -0.1) is 0 Å². The lowest BCUT2D eigenvalue weighted by Crippen LogP contribution is -2.13. The molecular formula is C10H7Br2N3O. The molecule has 0 atom stereocenters. The third-order valence-electron chi connectivity index (χ3n) is 1.88. The van der Waals surface area contributed by atoms with Crippen LogP contribution in [0.25, 0.3) is 0 Å². The summed E-state index contributed by atoms with van der Waals surface area (Å²) >= 11 is 6.57. The summed E-state index contributed by atoms with van der Waals surface area (Å²) in [5.41, 5.74) is 0.476. The molecule has 2 N–H and O–H groups in total. The van der Waals surface area contributed by atoms with Gasteiger partial charge >= 0.3 is 0 Å². The van der Waals surface area contributed by atoms with Crippen LogP contribution in [0.1, 0.15) is 10.5 Å². The molecule has 16 heavy (non-hydrogen) atoms. The molecular weight excluding hydrogens is 338 g/mol. The van der Waals surface area contributed by atoms with Crippen LogP contribution in [0.2, 0.25) is 0 Å². The molecule has 0 saturated heterocycles. The van der Waals surface area contributed by atoms with Crippen molar-refractivity contribution in [1.29, 1.82) is 0 Å². The average molecular weight is 345 g/mol. The van der Waals surface area contributed by atoms with Gasteiger partial charge in [-0.1, -0.05) is 0 Å². The lowest BCUT2D eigenvalue weighted by Gasteiger charge is -2.03. The second-order valence-corrected chi connectivity index (χ2v) is 4.79. The normalized spacial score (nSPS) is 10.1. The molecule has 82 valence electrons. The van der Waals surface area contributed by atoms with Crippen LogP contribution in [0.3, 0.4) is 0 Å². The molecule has 0 fully saturated rings. The Morgan fingerprint density at radius 3 is 2.88 bits per heavy atom. The lowest BCUT2D eigenvalue weighted by atomic mass is 10.4. The standard InChI is InChI=1S/C10H7Br2N3O/c11-6-4-8(14-5-6)10(16)15-9-7(12)2-1-3-13-9/h1-5,14H,(H,13,15,16). The molecule has 0 saturated carbocycles. The van der Waals surface area contributed by atoms with E-state index in [0.29, 0.717) is 11.5 Å². The van der Waals surface area contributed by atoms with Crippen molar-refractivity contribution in [3.63, 3.8) is 0 Å². The number of halogens is 2. The number of nitrogens with zero attached hydrogens (tertiary/aromatic N) is 1. The predicted octanol–water partition coefficient (Wildman–Crippen LogP) is 3.19. The smallest absolute Gasteiger partial charge is 0.273 e. The number of hydrogen-bond acceptors (Lipinski definition) is 2. The van der Waals surface area contributed by atoms with Gasteiger partial charge in [0.05, 0.1) is 4.47 Å². The number of carbonyl (C=O) groups excluding carboxylic acids is 1. The summed E-state index contributed by atoms with van der Waals surface area (Å²) in [6.45, 7) is 0. The number of amides is 1. The van der Waals surface area contributed by atoms with E-state index in [1.165, 1.54) is 0 Å². The molecule has 0 aliphatic heterocycles. The Bertz CT molecular complexity index is 524. The number of rotatable bonds is 2. The van der Waals surface area contributed by atoms with Crippen molar-refractivity contribution in [3.8, 4) is 0 Å². The fourth-order valence-electron chi connectivity index (χ4n) is 1.15. The molecule has 2 rings (SSSR count). The summed E-state index contributed by atoms with van der Waals surface area (Å²) in [5.74, 6) is 0.267. The fraction of sp³-hybridized carbons (Fsp3) is 0. The van der Waals surface area contributed by atoms with Gasteiger partial charge in [-0.05, 0) is 50.1 Å². The van der Waals surface area contributed by atoms with Crippen molar-refractivity contribution >= 4 is 43.6 Å². The van der Waals surface area contributed by atoms with Crippen molar-refractivity contribution < 1.29 is 4.79 Å². The van der Waals surface area contributed by atoms with Gasteiger partial charge in [-0.3, -0.25) is 4.79 Å². The summed E-state index contributed by atoms with van der Waals surface area (Å²) < 4.78 is 1.58. The maximum Gasteiger partial charge on any atom is 0.273 e. The Labute approximate surface area is 109 Å². The molecule has 0 unspecified atom stereocenters. The van der Waals surface area contributed by atoms with Gasteiger partial charge in [0.15, 0.2) is 0 Å². The average Bonchev–Trinajstić information content (AvgIpc) is 2.68. The quantitative estimate of drug-likeness (QED) is 0.879.